The molecular weight excluding hydrogens is 360 g/mol. The molecule has 0 aromatic heterocycles. The van der Waals surface area contributed by atoms with Crippen molar-refractivity contribution in [2.24, 2.45) is 5.92 Å². The fourth-order valence-electron chi connectivity index (χ4n) is 3.16. The van der Waals surface area contributed by atoms with Crippen LogP contribution in [-0.4, -0.2) is 86.3 Å². The van der Waals surface area contributed by atoms with Gasteiger partial charge in [-0.1, -0.05) is 6.08 Å². The SMILES string of the molecule is C=CCNC(=O)[C@@H]1CCCN(S(=O)(=O)N2CCN(C(=O)OCC)CC2)C1. The van der Waals surface area contributed by atoms with E-state index in [1.54, 1.807) is 13.0 Å². The highest BCUT2D eigenvalue weighted by Gasteiger charge is 2.37. The first-order chi connectivity index (χ1) is 12.4. The molecule has 0 spiro atoms. The summed E-state index contributed by atoms with van der Waals surface area (Å²) in [6, 6.07) is 0. The van der Waals surface area contributed by atoms with Gasteiger partial charge in [0.15, 0.2) is 0 Å². The molecule has 2 fully saturated rings. The van der Waals surface area contributed by atoms with Gasteiger partial charge < -0.3 is 15.0 Å². The maximum atomic E-state index is 12.9. The van der Waals surface area contributed by atoms with E-state index in [1.165, 1.54) is 13.5 Å². The number of nitrogens with one attached hydrogen (secondary N) is 1. The van der Waals surface area contributed by atoms with E-state index < -0.39 is 16.3 Å². The second kappa shape index (κ2) is 9.33. The highest BCUT2D eigenvalue weighted by Crippen LogP contribution is 2.22. The van der Waals surface area contributed by atoms with E-state index in [-0.39, 0.29) is 31.5 Å². The minimum Gasteiger partial charge on any atom is -0.450 e. The number of carbonyl (C=O) groups is 2. The molecule has 0 bridgehead atoms. The molecular formula is C16H28N4O5S. The number of amides is 2. The summed E-state index contributed by atoms with van der Waals surface area (Å²) in [5.74, 6) is -0.490. The lowest BCUT2D eigenvalue weighted by Crippen LogP contribution is -2.56. The molecule has 2 rings (SSSR count). The van der Waals surface area contributed by atoms with Crippen LogP contribution >= 0.6 is 0 Å². The predicted molar refractivity (Wildman–Crippen MR) is 96.6 cm³/mol. The van der Waals surface area contributed by atoms with E-state index in [1.807, 2.05) is 0 Å². The molecule has 2 heterocycles. The summed E-state index contributed by atoms with van der Waals surface area (Å²) >= 11 is 0. The van der Waals surface area contributed by atoms with Crippen LogP contribution in [0.2, 0.25) is 0 Å². The number of piperidine rings is 1. The Morgan fingerprint density at radius 3 is 2.50 bits per heavy atom. The van der Waals surface area contributed by atoms with Gasteiger partial charge in [-0.25, -0.2) is 4.79 Å². The largest absolute Gasteiger partial charge is 0.450 e. The van der Waals surface area contributed by atoms with Crippen LogP contribution in [0.4, 0.5) is 4.79 Å². The van der Waals surface area contributed by atoms with Crippen LogP contribution in [0, 0.1) is 5.92 Å². The van der Waals surface area contributed by atoms with E-state index >= 15 is 0 Å². The molecule has 2 aliphatic rings. The normalized spacial score (nSPS) is 22.7. The molecule has 2 saturated heterocycles. The van der Waals surface area contributed by atoms with Crippen molar-refractivity contribution < 1.29 is 22.7 Å². The highest BCUT2D eigenvalue weighted by atomic mass is 32.2. The first-order valence-corrected chi connectivity index (χ1v) is 10.3. The lowest BCUT2D eigenvalue weighted by Gasteiger charge is -2.38. The number of hydrogen-bond donors (Lipinski definition) is 1. The molecule has 1 atom stereocenters. The maximum absolute atomic E-state index is 12.9. The topological polar surface area (TPSA) is 99.3 Å². The quantitative estimate of drug-likeness (QED) is 0.647. The molecule has 1 N–H and O–H groups in total. The number of hydrogen-bond acceptors (Lipinski definition) is 5. The van der Waals surface area contributed by atoms with Gasteiger partial charge in [-0.3, -0.25) is 4.79 Å². The average Bonchev–Trinajstić information content (AvgIpc) is 2.66. The van der Waals surface area contributed by atoms with Gasteiger partial charge in [-0.05, 0) is 19.8 Å². The van der Waals surface area contributed by atoms with Gasteiger partial charge in [-0.15, -0.1) is 6.58 Å². The van der Waals surface area contributed by atoms with E-state index in [4.69, 9.17) is 4.74 Å². The van der Waals surface area contributed by atoms with Crippen LogP contribution < -0.4 is 5.32 Å². The van der Waals surface area contributed by atoms with E-state index in [0.717, 1.165) is 0 Å². The molecule has 26 heavy (non-hydrogen) atoms. The summed E-state index contributed by atoms with van der Waals surface area (Å²) in [4.78, 5) is 25.4. The first-order valence-electron chi connectivity index (χ1n) is 8.95. The number of carbonyl (C=O) groups excluding carboxylic acids is 2. The van der Waals surface area contributed by atoms with Crippen molar-refractivity contribution in [3.63, 3.8) is 0 Å². The number of ether oxygens (including phenoxy) is 1. The van der Waals surface area contributed by atoms with Gasteiger partial charge in [0.2, 0.25) is 5.91 Å². The summed E-state index contributed by atoms with van der Waals surface area (Å²) in [5, 5.41) is 2.73. The van der Waals surface area contributed by atoms with Gasteiger partial charge in [0.25, 0.3) is 10.2 Å². The van der Waals surface area contributed by atoms with Crippen molar-refractivity contribution in [1.82, 2.24) is 18.8 Å². The molecule has 2 amide bonds. The van der Waals surface area contributed by atoms with E-state index in [0.29, 0.717) is 45.6 Å². The maximum Gasteiger partial charge on any atom is 0.409 e. The van der Waals surface area contributed by atoms with Crippen molar-refractivity contribution in [3.8, 4) is 0 Å². The monoisotopic (exact) mass is 388 g/mol. The zero-order valence-electron chi connectivity index (χ0n) is 15.2. The third kappa shape index (κ3) is 4.95. The minimum atomic E-state index is -3.65. The van der Waals surface area contributed by atoms with E-state index in [9.17, 15) is 18.0 Å². The average molecular weight is 388 g/mol. The Morgan fingerprint density at radius 2 is 1.88 bits per heavy atom. The van der Waals surface area contributed by atoms with Gasteiger partial charge in [0.1, 0.15) is 0 Å². The molecule has 0 aromatic rings. The molecule has 10 heteroatoms. The molecule has 0 aromatic carbocycles. The standard InChI is InChI=1S/C16H28N4O5S/c1-3-7-17-15(21)14-6-5-8-20(13-14)26(23,24)19-11-9-18(10-12-19)16(22)25-4-2/h3,14H,1,4-13H2,2H3,(H,17,21)/t14-/m1/s1. The Morgan fingerprint density at radius 1 is 1.19 bits per heavy atom. The number of nitrogens with zero attached hydrogens (tertiary/aromatic N) is 3. The zero-order valence-corrected chi connectivity index (χ0v) is 16.0. The van der Waals surface area contributed by atoms with Crippen LogP contribution in [0.25, 0.3) is 0 Å². The molecule has 148 valence electrons. The third-order valence-corrected chi connectivity index (χ3v) is 6.59. The first kappa shape index (κ1) is 20.7. The van der Waals surface area contributed by atoms with Crippen molar-refractivity contribution in [1.29, 1.82) is 0 Å². The Labute approximate surface area is 155 Å². The highest BCUT2D eigenvalue weighted by molar-refractivity contribution is 7.86. The summed E-state index contributed by atoms with van der Waals surface area (Å²) in [6.07, 6.45) is 2.50. The van der Waals surface area contributed by atoms with Gasteiger partial charge in [0.05, 0.1) is 12.5 Å². The van der Waals surface area contributed by atoms with Gasteiger partial charge >= 0.3 is 6.09 Å². The van der Waals surface area contributed by atoms with E-state index in [2.05, 4.69) is 11.9 Å². The summed E-state index contributed by atoms with van der Waals surface area (Å²) in [5.41, 5.74) is 0. The molecule has 0 aliphatic carbocycles. The van der Waals surface area contributed by atoms with Crippen LogP contribution in [0.1, 0.15) is 19.8 Å². The van der Waals surface area contributed by atoms with Crippen LogP contribution in [-0.2, 0) is 19.7 Å². The van der Waals surface area contributed by atoms with Crippen molar-refractivity contribution in [3.05, 3.63) is 12.7 Å². The number of piperazine rings is 1. The van der Waals surface area contributed by atoms with Crippen LogP contribution in [0.15, 0.2) is 12.7 Å². The Bertz CT molecular complexity index is 616. The lowest BCUT2D eigenvalue weighted by atomic mass is 9.99. The summed E-state index contributed by atoms with van der Waals surface area (Å²) in [7, 11) is -3.65. The molecule has 9 nitrogen and oxygen atoms in total. The summed E-state index contributed by atoms with van der Waals surface area (Å²) < 4.78 is 33.5. The molecule has 0 radical (unpaired) electrons. The smallest absolute Gasteiger partial charge is 0.409 e. The van der Waals surface area contributed by atoms with Crippen molar-refractivity contribution in [2.45, 2.75) is 19.8 Å². The van der Waals surface area contributed by atoms with Crippen LogP contribution in [0.3, 0.4) is 0 Å². The second-order valence-electron chi connectivity index (χ2n) is 6.32. The van der Waals surface area contributed by atoms with Crippen LogP contribution in [0.5, 0.6) is 0 Å². The third-order valence-electron chi connectivity index (χ3n) is 4.59. The number of rotatable bonds is 6. The Balaban J connectivity index is 1.94. The van der Waals surface area contributed by atoms with Gasteiger partial charge in [-0.2, -0.15) is 17.0 Å². The van der Waals surface area contributed by atoms with Gasteiger partial charge in [0, 0.05) is 45.8 Å². The zero-order chi connectivity index (χ0) is 19.2. The fourth-order valence-corrected chi connectivity index (χ4v) is 4.84. The molecule has 2 aliphatic heterocycles. The van der Waals surface area contributed by atoms with Crippen molar-refractivity contribution in [2.75, 3.05) is 52.4 Å². The molecule has 0 unspecified atom stereocenters. The predicted octanol–water partition coefficient (Wildman–Crippen LogP) is 0.0195. The lowest BCUT2D eigenvalue weighted by molar-refractivity contribution is -0.125. The second-order valence-corrected chi connectivity index (χ2v) is 8.25. The Kier molecular flexibility index (Phi) is 7.42. The minimum absolute atomic E-state index is 0.142. The summed E-state index contributed by atoms with van der Waals surface area (Å²) in [6.45, 7) is 7.60. The van der Waals surface area contributed by atoms with Crippen molar-refractivity contribution >= 4 is 22.2 Å². The fraction of sp³-hybridized carbons (Fsp3) is 0.750. The Hall–Kier alpha value is -1.65. The molecule has 0 saturated carbocycles.